The monoisotopic (exact) mass is 288 g/mol. The SMILES string of the molecule is CC(=O)On1c(=O)[nH]c2cc(C(F)(F)F)ccc2c1=O. The van der Waals surface area contributed by atoms with Gasteiger partial charge >= 0.3 is 17.8 Å². The van der Waals surface area contributed by atoms with Crippen LogP contribution in [-0.2, 0) is 11.0 Å². The van der Waals surface area contributed by atoms with E-state index in [1.54, 1.807) is 0 Å². The molecule has 0 atom stereocenters. The van der Waals surface area contributed by atoms with Crippen molar-refractivity contribution in [2.45, 2.75) is 13.1 Å². The maximum Gasteiger partial charge on any atom is 0.416 e. The predicted octanol–water partition coefficient (Wildman–Crippen LogP) is 0.684. The fourth-order valence-corrected chi connectivity index (χ4v) is 1.59. The number of benzene rings is 1. The van der Waals surface area contributed by atoms with Crippen molar-refractivity contribution in [1.29, 1.82) is 0 Å². The van der Waals surface area contributed by atoms with Crippen LogP contribution in [0.4, 0.5) is 13.2 Å². The molecule has 1 N–H and O–H groups in total. The molecule has 1 aromatic carbocycles. The number of fused-ring (bicyclic) bond motifs is 1. The molecule has 0 bridgehead atoms. The van der Waals surface area contributed by atoms with Crippen LogP contribution < -0.4 is 16.1 Å². The third kappa shape index (κ3) is 2.42. The van der Waals surface area contributed by atoms with Crippen LogP contribution in [0.25, 0.3) is 10.9 Å². The van der Waals surface area contributed by atoms with E-state index in [0.29, 0.717) is 12.1 Å². The summed E-state index contributed by atoms with van der Waals surface area (Å²) >= 11 is 0. The van der Waals surface area contributed by atoms with Gasteiger partial charge in [-0.05, 0) is 18.2 Å². The molecule has 0 spiro atoms. The molecule has 6 nitrogen and oxygen atoms in total. The van der Waals surface area contributed by atoms with E-state index in [2.05, 4.69) is 4.84 Å². The highest BCUT2D eigenvalue weighted by Gasteiger charge is 2.30. The Balaban J connectivity index is 2.74. The van der Waals surface area contributed by atoms with Crippen LogP contribution in [0.3, 0.4) is 0 Å². The third-order valence-corrected chi connectivity index (χ3v) is 2.41. The molecule has 20 heavy (non-hydrogen) atoms. The molecule has 106 valence electrons. The van der Waals surface area contributed by atoms with Gasteiger partial charge < -0.3 is 9.82 Å². The number of halogens is 3. The van der Waals surface area contributed by atoms with E-state index in [1.807, 2.05) is 4.98 Å². The van der Waals surface area contributed by atoms with Gasteiger partial charge in [-0.1, -0.05) is 4.73 Å². The minimum Gasteiger partial charge on any atom is -0.329 e. The topological polar surface area (TPSA) is 81.2 Å². The number of aromatic nitrogens is 2. The van der Waals surface area contributed by atoms with Crippen molar-refractivity contribution < 1.29 is 22.8 Å². The molecular formula is C11H7F3N2O4. The molecule has 0 amide bonds. The first-order valence-electron chi connectivity index (χ1n) is 5.25. The molecule has 2 rings (SSSR count). The number of alkyl halides is 3. The molecule has 1 aromatic heterocycles. The van der Waals surface area contributed by atoms with Gasteiger partial charge in [0.2, 0.25) is 0 Å². The van der Waals surface area contributed by atoms with E-state index >= 15 is 0 Å². The van der Waals surface area contributed by atoms with Crippen LogP contribution in [0.15, 0.2) is 27.8 Å². The summed E-state index contributed by atoms with van der Waals surface area (Å²) in [6.45, 7) is 0.975. The van der Waals surface area contributed by atoms with Crippen LogP contribution in [0.2, 0.25) is 0 Å². The third-order valence-electron chi connectivity index (χ3n) is 2.41. The lowest BCUT2D eigenvalue weighted by atomic mass is 10.1. The van der Waals surface area contributed by atoms with Crippen molar-refractivity contribution in [3.63, 3.8) is 0 Å². The Morgan fingerprint density at radius 2 is 1.95 bits per heavy atom. The Labute approximate surface area is 108 Å². The van der Waals surface area contributed by atoms with Gasteiger partial charge in [0.05, 0.1) is 16.5 Å². The number of aromatic amines is 1. The van der Waals surface area contributed by atoms with Crippen molar-refractivity contribution >= 4 is 16.9 Å². The number of hydrogen-bond donors (Lipinski definition) is 1. The standard InChI is InChI=1S/C11H7F3N2O4/c1-5(17)20-16-9(18)7-3-2-6(11(12,13)14)4-8(7)15-10(16)19/h2-4H,1H3,(H,15,19). The largest absolute Gasteiger partial charge is 0.416 e. The minimum atomic E-state index is -4.60. The molecule has 2 aromatic rings. The molecule has 0 saturated carbocycles. The number of carbonyl (C=O) groups is 1. The number of nitrogens with zero attached hydrogens (tertiary/aromatic N) is 1. The second-order valence-corrected chi connectivity index (χ2v) is 3.87. The maximum atomic E-state index is 12.5. The Kier molecular flexibility index (Phi) is 3.12. The van der Waals surface area contributed by atoms with Gasteiger partial charge in [-0.2, -0.15) is 13.2 Å². The first-order valence-corrected chi connectivity index (χ1v) is 5.25. The second-order valence-electron chi connectivity index (χ2n) is 3.87. The number of H-pyrrole nitrogens is 1. The van der Waals surface area contributed by atoms with E-state index in [-0.39, 0.29) is 15.6 Å². The van der Waals surface area contributed by atoms with E-state index in [0.717, 1.165) is 13.0 Å². The zero-order valence-electron chi connectivity index (χ0n) is 9.95. The second kappa shape index (κ2) is 4.51. The summed E-state index contributed by atoms with van der Waals surface area (Å²) in [6, 6.07) is 2.23. The van der Waals surface area contributed by atoms with E-state index in [9.17, 15) is 27.6 Å². The lowest BCUT2D eigenvalue weighted by Gasteiger charge is -2.08. The Morgan fingerprint density at radius 1 is 1.30 bits per heavy atom. The molecule has 1 heterocycles. The van der Waals surface area contributed by atoms with Crippen LogP contribution in [0.1, 0.15) is 12.5 Å². The quantitative estimate of drug-likeness (QED) is 0.837. The van der Waals surface area contributed by atoms with Crippen LogP contribution in [0, 0.1) is 0 Å². The van der Waals surface area contributed by atoms with Gasteiger partial charge in [0.25, 0.3) is 5.56 Å². The summed E-state index contributed by atoms with van der Waals surface area (Å²) in [5, 5.41) is -0.209. The molecular weight excluding hydrogens is 281 g/mol. The summed E-state index contributed by atoms with van der Waals surface area (Å²) < 4.78 is 37.7. The Hall–Kier alpha value is -2.58. The molecule has 9 heteroatoms. The average Bonchev–Trinajstić information content (AvgIpc) is 2.32. The van der Waals surface area contributed by atoms with Crippen molar-refractivity contribution in [2.75, 3.05) is 0 Å². The molecule has 0 saturated heterocycles. The zero-order chi connectivity index (χ0) is 15.1. The summed E-state index contributed by atoms with van der Waals surface area (Å²) in [5.41, 5.74) is -3.46. The minimum absolute atomic E-state index is 0.151. The fourth-order valence-electron chi connectivity index (χ4n) is 1.59. The van der Waals surface area contributed by atoms with Gasteiger partial charge in [0.1, 0.15) is 0 Å². The number of nitrogens with one attached hydrogen (secondary N) is 1. The molecule has 0 fully saturated rings. The van der Waals surface area contributed by atoms with Gasteiger partial charge in [0.15, 0.2) is 0 Å². The maximum absolute atomic E-state index is 12.5. The van der Waals surface area contributed by atoms with E-state index in [1.165, 1.54) is 0 Å². The predicted molar refractivity (Wildman–Crippen MR) is 61.1 cm³/mol. The lowest BCUT2D eigenvalue weighted by molar-refractivity contribution is -0.142. The van der Waals surface area contributed by atoms with Crippen molar-refractivity contribution in [3.8, 4) is 0 Å². The molecule has 0 radical (unpaired) electrons. The molecule has 0 aliphatic heterocycles. The summed E-state index contributed by atoms with van der Waals surface area (Å²) in [6.07, 6.45) is -4.60. The normalized spacial score (nSPS) is 11.6. The van der Waals surface area contributed by atoms with Crippen molar-refractivity contribution in [3.05, 3.63) is 44.6 Å². The highest BCUT2D eigenvalue weighted by atomic mass is 19.4. The summed E-state index contributed by atoms with van der Waals surface area (Å²) in [4.78, 5) is 40.5. The van der Waals surface area contributed by atoms with Crippen LogP contribution >= 0.6 is 0 Å². The number of rotatable bonds is 1. The molecule has 0 aliphatic carbocycles. The first kappa shape index (κ1) is 13.8. The van der Waals surface area contributed by atoms with Crippen LogP contribution in [-0.4, -0.2) is 15.7 Å². The van der Waals surface area contributed by atoms with Gasteiger partial charge in [-0.25, -0.2) is 9.59 Å². The Morgan fingerprint density at radius 3 is 2.50 bits per heavy atom. The lowest BCUT2D eigenvalue weighted by Crippen LogP contribution is -2.41. The fraction of sp³-hybridized carbons (Fsp3) is 0.182. The van der Waals surface area contributed by atoms with Crippen LogP contribution in [0.5, 0.6) is 0 Å². The Bertz CT molecular complexity index is 804. The summed E-state index contributed by atoms with van der Waals surface area (Å²) in [7, 11) is 0. The smallest absolute Gasteiger partial charge is 0.329 e. The van der Waals surface area contributed by atoms with Crippen molar-refractivity contribution in [2.24, 2.45) is 0 Å². The molecule has 0 unspecified atom stereocenters. The van der Waals surface area contributed by atoms with Gasteiger partial charge in [-0.15, -0.1) is 0 Å². The number of hydrogen-bond acceptors (Lipinski definition) is 4. The highest BCUT2D eigenvalue weighted by Crippen LogP contribution is 2.30. The van der Waals surface area contributed by atoms with Gasteiger partial charge in [-0.3, -0.25) is 4.79 Å². The highest BCUT2D eigenvalue weighted by molar-refractivity contribution is 5.78. The van der Waals surface area contributed by atoms with E-state index in [4.69, 9.17) is 0 Å². The zero-order valence-corrected chi connectivity index (χ0v) is 9.95. The summed E-state index contributed by atoms with van der Waals surface area (Å²) in [5.74, 6) is -0.913. The molecule has 0 aliphatic rings. The average molecular weight is 288 g/mol. The number of carbonyl (C=O) groups excluding carboxylic acids is 1. The van der Waals surface area contributed by atoms with Gasteiger partial charge in [0, 0.05) is 6.92 Å². The van der Waals surface area contributed by atoms with E-state index < -0.39 is 29.0 Å². The first-order chi connectivity index (χ1) is 9.20. The van der Waals surface area contributed by atoms with Crippen molar-refractivity contribution in [1.82, 2.24) is 9.71 Å².